The van der Waals surface area contributed by atoms with Crippen molar-refractivity contribution < 1.29 is 38.4 Å². The van der Waals surface area contributed by atoms with Gasteiger partial charge in [0.15, 0.2) is 6.04 Å². The average Bonchev–Trinajstić information content (AvgIpc) is 2.69. The smallest absolute Gasteiger partial charge is 0.420 e. The largest absolute Gasteiger partial charge is 0.461 e. The monoisotopic (exact) mass is 481 g/mol. The zero-order chi connectivity index (χ0) is 25.9. The van der Waals surface area contributed by atoms with Crippen molar-refractivity contribution in [1.29, 1.82) is 0 Å². The zero-order valence-electron chi connectivity index (χ0n) is 21.3. The number of hydrogen-bond acceptors (Lipinski definition) is 8. The number of esters is 1. The quantitative estimate of drug-likeness (QED) is 0.385. The maximum absolute atomic E-state index is 13.1. The Morgan fingerprint density at radius 1 is 0.941 bits per heavy atom. The fraction of sp³-hybridized carbons (Fsp3) is 0.640. The highest BCUT2D eigenvalue weighted by Crippen LogP contribution is 2.19. The van der Waals surface area contributed by atoms with Crippen molar-refractivity contribution in [3.05, 3.63) is 35.9 Å². The molecule has 0 heterocycles. The van der Waals surface area contributed by atoms with Crippen molar-refractivity contribution in [3.63, 3.8) is 0 Å². The van der Waals surface area contributed by atoms with Crippen LogP contribution in [0.3, 0.4) is 0 Å². The number of ether oxygens (including phenoxy) is 4. The van der Waals surface area contributed by atoms with Crippen LogP contribution in [0.1, 0.15) is 66.9 Å². The Labute approximate surface area is 202 Å². The van der Waals surface area contributed by atoms with Gasteiger partial charge in [0.1, 0.15) is 11.2 Å². The molecule has 0 spiro atoms. The van der Waals surface area contributed by atoms with Crippen LogP contribution in [0.4, 0.5) is 9.59 Å². The van der Waals surface area contributed by atoms with Crippen molar-refractivity contribution in [2.45, 2.75) is 91.3 Å². The predicted octanol–water partition coefficient (Wildman–Crippen LogP) is 4.45. The second kappa shape index (κ2) is 13.3. The van der Waals surface area contributed by atoms with E-state index in [-0.39, 0.29) is 19.8 Å². The van der Waals surface area contributed by atoms with E-state index < -0.39 is 41.5 Å². The molecule has 0 aliphatic heterocycles. The number of rotatable bonds is 10. The first kappa shape index (κ1) is 29.4. The Balaban J connectivity index is 3.21. The van der Waals surface area contributed by atoms with Crippen molar-refractivity contribution in [2.24, 2.45) is 0 Å². The van der Waals surface area contributed by atoms with Crippen LogP contribution in [-0.2, 0) is 30.3 Å². The summed E-state index contributed by atoms with van der Waals surface area (Å²) in [7, 11) is 0. The SMILES string of the molecule is CC(CCCO)OC(=O)[C@H](COCc1ccccc1)N(C(=O)OC(C)(C)C)C(=O)OC(C)(C)C. The van der Waals surface area contributed by atoms with Crippen molar-refractivity contribution in [2.75, 3.05) is 13.2 Å². The molecule has 2 amide bonds. The van der Waals surface area contributed by atoms with E-state index in [1.807, 2.05) is 30.3 Å². The Bertz CT molecular complexity index is 754. The van der Waals surface area contributed by atoms with Crippen molar-refractivity contribution >= 4 is 18.2 Å². The summed E-state index contributed by atoms with van der Waals surface area (Å²) in [4.78, 5) is 39.8. The average molecular weight is 482 g/mol. The molecule has 1 rings (SSSR count). The molecule has 0 bridgehead atoms. The number of nitrogens with zero attached hydrogens (tertiary/aromatic N) is 1. The van der Waals surface area contributed by atoms with Crippen LogP contribution in [0.5, 0.6) is 0 Å². The second-order valence-corrected chi connectivity index (χ2v) is 9.96. The molecule has 0 saturated heterocycles. The lowest BCUT2D eigenvalue weighted by molar-refractivity contribution is -0.157. The molecular formula is C25H39NO8. The lowest BCUT2D eigenvalue weighted by Gasteiger charge is -2.32. The number of hydrogen-bond donors (Lipinski definition) is 1. The molecule has 0 aliphatic carbocycles. The number of amides is 2. The minimum absolute atomic E-state index is 0.0482. The fourth-order valence-electron chi connectivity index (χ4n) is 2.78. The molecule has 9 nitrogen and oxygen atoms in total. The van der Waals surface area contributed by atoms with Crippen LogP contribution < -0.4 is 0 Å². The fourth-order valence-corrected chi connectivity index (χ4v) is 2.78. The minimum Gasteiger partial charge on any atom is -0.461 e. The molecular weight excluding hydrogens is 442 g/mol. The molecule has 1 aromatic rings. The number of aliphatic hydroxyl groups excluding tert-OH is 1. The lowest BCUT2D eigenvalue weighted by Crippen LogP contribution is -2.54. The van der Waals surface area contributed by atoms with Gasteiger partial charge in [0.2, 0.25) is 0 Å². The van der Waals surface area contributed by atoms with E-state index in [0.717, 1.165) is 5.56 Å². The maximum atomic E-state index is 13.1. The molecule has 192 valence electrons. The number of carbonyl (C=O) groups excluding carboxylic acids is 3. The molecule has 0 fully saturated rings. The topological polar surface area (TPSA) is 112 Å². The first-order valence-corrected chi connectivity index (χ1v) is 11.4. The molecule has 0 aliphatic rings. The molecule has 34 heavy (non-hydrogen) atoms. The van der Waals surface area contributed by atoms with E-state index in [9.17, 15) is 14.4 Å². The van der Waals surface area contributed by atoms with E-state index in [1.165, 1.54) is 0 Å². The summed E-state index contributed by atoms with van der Waals surface area (Å²) in [6, 6.07) is 7.82. The first-order valence-electron chi connectivity index (χ1n) is 11.4. The van der Waals surface area contributed by atoms with Crippen LogP contribution in [0.2, 0.25) is 0 Å². The van der Waals surface area contributed by atoms with Crippen LogP contribution in [0, 0.1) is 0 Å². The maximum Gasteiger partial charge on any atom is 0.420 e. The molecule has 9 heteroatoms. The summed E-state index contributed by atoms with van der Waals surface area (Å²) < 4.78 is 22.0. The summed E-state index contributed by atoms with van der Waals surface area (Å²) in [6.07, 6.45) is -1.79. The van der Waals surface area contributed by atoms with Crippen molar-refractivity contribution in [1.82, 2.24) is 4.90 Å². The molecule has 0 aromatic heterocycles. The van der Waals surface area contributed by atoms with Crippen LogP contribution in [0.15, 0.2) is 30.3 Å². The van der Waals surface area contributed by atoms with E-state index >= 15 is 0 Å². The third-order valence-electron chi connectivity index (χ3n) is 4.24. The molecule has 1 N–H and O–H groups in total. The summed E-state index contributed by atoms with van der Waals surface area (Å²) in [5.41, 5.74) is -0.997. The lowest BCUT2D eigenvalue weighted by atomic mass is 10.2. The Kier molecular flexibility index (Phi) is 11.5. The van der Waals surface area contributed by atoms with Gasteiger partial charge in [0, 0.05) is 6.61 Å². The third kappa shape index (κ3) is 11.5. The van der Waals surface area contributed by atoms with Crippen LogP contribution in [0.25, 0.3) is 0 Å². The highest BCUT2D eigenvalue weighted by molar-refractivity contribution is 5.94. The van der Waals surface area contributed by atoms with Gasteiger partial charge in [-0.05, 0) is 66.9 Å². The van der Waals surface area contributed by atoms with Crippen LogP contribution in [-0.4, -0.2) is 64.7 Å². The van der Waals surface area contributed by atoms with E-state index in [4.69, 9.17) is 24.1 Å². The number of aliphatic hydroxyl groups is 1. The molecule has 0 saturated carbocycles. The molecule has 2 atom stereocenters. The molecule has 0 radical (unpaired) electrons. The van der Waals surface area contributed by atoms with Gasteiger partial charge in [0.05, 0.1) is 19.3 Å². The van der Waals surface area contributed by atoms with Crippen molar-refractivity contribution in [3.8, 4) is 0 Å². The van der Waals surface area contributed by atoms with Gasteiger partial charge in [-0.2, -0.15) is 4.90 Å². The van der Waals surface area contributed by atoms with Gasteiger partial charge in [-0.15, -0.1) is 0 Å². The van der Waals surface area contributed by atoms with E-state index in [2.05, 4.69) is 0 Å². The zero-order valence-corrected chi connectivity index (χ0v) is 21.3. The summed E-state index contributed by atoms with van der Waals surface area (Å²) in [5, 5.41) is 9.04. The highest BCUT2D eigenvalue weighted by Gasteiger charge is 2.41. The second-order valence-electron chi connectivity index (χ2n) is 9.96. The standard InChI is InChI=1S/C25H39NO8/c1-18(12-11-15-27)32-21(28)20(17-31-16-19-13-9-8-10-14-19)26(22(29)33-24(2,3)4)23(30)34-25(5,6)7/h8-10,13-14,18,20,27H,11-12,15-17H2,1-7H3/t18?,20-/m0/s1. The number of carbonyl (C=O) groups is 3. The minimum atomic E-state index is -1.44. The van der Waals surface area contributed by atoms with Gasteiger partial charge in [0.25, 0.3) is 0 Å². The Morgan fingerprint density at radius 2 is 1.47 bits per heavy atom. The number of imide groups is 1. The normalized spacial score (nSPS) is 13.5. The molecule has 1 aromatic carbocycles. The summed E-state index contributed by atoms with van der Waals surface area (Å²) in [5.74, 6) is -0.838. The first-order chi connectivity index (χ1) is 15.7. The van der Waals surface area contributed by atoms with E-state index in [1.54, 1.807) is 48.5 Å². The predicted molar refractivity (Wildman–Crippen MR) is 126 cm³/mol. The van der Waals surface area contributed by atoms with Gasteiger partial charge >= 0.3 is 18.2 Å². The summed E-state index contributed by atoms with van der Waals surface area (Å²) >= 11 is 0. The van der Waals surface area contributed by atoms with Gasteiger partial charge < -0.3 is 24.1 Å². The van der Waals surface area contributed by atoms with Crippen LogP contribution >= 0.6 is 0 Å². The van der Waals surface area contributed by atoms with E-state index in [0.29, 0.717) is 17.7 Å². The van der Waals surface area contributed by atoms with Gasteiger partial charge in [-0.3, -0.25) is 0 Å². The Hall–Kier alpha value is -2.65. The third-order valence-corrected chi connectivity index (χ3v) is 4.24. The van der Waals surface area contributed by atoms with Gasteiger partial charge in [-0.25, -0.2) is 14.4 Å². The Morgan fingerprint density at radius 3 is 1.94 bits per heavy atom. The highest BCUT2D eigenvalue weighted by atomic mass is 16.6. The van der Waals surface area contributed by atoms with Gasteiger partial charge in [-0.1, -0.05) is 30.3 Å². The summed E-state index contributed by atoms with van der Waals surface area (Å²) in [6.45, 7) is 11.3. The number of benzene rings is 1. The molecule has 1 unspecified atom stereocenters.